The smallest absolute Gasteiger partial charge is 0.280 e. The molecule has 0 spiro atoms. The zero-order valence-corrected chi connectivity index (χ0v) is 23.9. The predicted octanol–water partition coefficient (Wildman–Crippen LogP) is -2.19. The zero-order chi connectivity index (χ0) is 29.6. The Morgan fingerprint density at radius 1 is 1.19 bits per heavy atom. The Hall–Kier alpha value is -2.78. The van der Waals surface area contributed by atoms with Crippen molar-refractivity contribution in [2.24, 2.45) is 0 Å². The summed E-state index contributed by atoms with van der Waals surface area (Å²) in [5.41, 5.74) is 9.38. The molecule has 0 aromatic carbocycles. The zero-order valence-electron chi connectivity index (χ0n) is 21.4. The van der Waals surface area contributed by atoms with Crippen LogP contribution in [0.15, 0.2) is 23.8 Å². The monoisotopic (exact) mass is 640 g/mol. The Bertz CT molecular complexity index is 1800. The Morgan fingerprint density at radius 2 is 1.95 bits per heavy atom. The maximum absolute atomic E-state index is 12.3. The van der Waals surface area contributed by atoms with Gasteiger partial charge in [0, 0.05) is 0 Å². The highest BCUT2D eigenvalue weighted by atomic mass is 32.5. The summed E-state index contributed by atoms with van der Waals surface area (Å²) in [6.07, 6.45) is -0.0702. The summed E-state index contributed by atoms with van der Waals surface area (Å²) in [4.78, 5) is 47.0. The minimum atomic E-state index is -3.93. The fraction of sp³-hybridized carbons (Fsp3) is 0.524. The maximum atomic E-state index is 12.3. The van der Waals surface area contributed by atoms with E-state index >= 15 is 0 Å². The molecule has 18 nitrogen and oxygen atoms in total. The van der Waals surface area contributed by atoms with Gasteiger partial charge in [0.05, 0.1) is 54.9 Å². The van der Waals surface area contributed by atoms with Crippen molar-refractivity contribution in [1.82, 2.24) is 39.0 Å². The van der Waals surface area contributed by atoms with Crippen LogP contribution in [-0.4, -0.2) is 114 Å². The van der Waals surface area contributed by atoms with Crippen LogP contribution in [-0.2, 0) is 25.8 Å². The number of anilines is 2. The summed E-state index contributed by atoms with van der Waals surface area (Å²) in [5.74, 6) is 0.0312. The first-order valence-electron chi connectivity index (χ1n) is 12.6. The molecule has 3 saturated heterocycles. The van der Waals surface area contributed by atoms with E-state index in [0.717, 1.165) is 11.8 Å². The molecule has 7 rings (SSSR count). The van der Waals surface area contributed by atoms with Gasteiger partial charge in [0.15, 0.2) is 35.3 Å². The lowest BCUT2D eigenvalue weighted by Gasteiger charge is -2.35. The molecular formula is C21H25N10O8PS2. The molecule has 0 radical (unpaired) electrons. The quantitative estimate of drug-likeness (QED) is 0.106. The normalized spacial score (nSPS) is 34.0. The van der Waals surface area contributed by atoms with Crippen LogP contribution in [0.25, 0.3) is 22.3 Å². The third-order valence-corrected chi connectivity index (χ3v) is 12.4. The number of nitrogens with two attached hydrogens (primary N) is 2. The molecule has 3 aliphatic rings. The van der Waals surface area contributed by atoms with Crippen molar-refractivity contribution in [3.8, 4) is 0 Å². The second kappa shape index (κ2) is 9.88. The summed E-state index contributed by atoms with van der Waals surface area (Å²) >= 11 is 6.72. The van der Waals surface area contributed by atoms with Crippen LogP contribution in [0, 0.1) is 0 Å². The van der Waals surface area contributed by atoms with Crippen LogP contribution >= 0.6 is 18.3 Å². The molecule has 0 saturated carbocycles. The number of imidazole rings is 2. The van der Waals surface area contributed by atoms with Gasteiger partial charge in [-0.15, -0.1) is 11.8 Å². The van der Waals surface area contributed by atoms with E-state index in [9.17, 15) is 25.0 Å². The van der Waals surface area contributed by atoms with E-state index < -0.39 is 65.1 Å². The van der Waals surface area contributed by atoms with Gasteiger partial charge in [-0.2, -0.15) is 4.98 Å². The van der Waals surface area contributed by atoms with E-state index in [-0.39, 0.29) is 36.1 Å². The van der Waals surface area contributed by atoms with Crippen molar-refractivity contribution in [1.29, 1.82) is 0 Å². The molecule has 2 unspecified atom stereocenters. The second-order valence-electron chi connectivity index (χ2n) is 10.2. The fourth-order valence-electron chi connectivity index (χ4n) is 5.68. The van der Waals surface area contributed by atoms with Crippen molar-refractivity contribution >= 4 is 64.2 Å². The van der Waals surface area contributed by atoms with Gasteiger partial charge in [0.25, 0.3) is 5.56 Å². The Labute approximate surface area is 244 Å². The lowest BCUT2D eigenvalue weighted by molar-refractivity contribution is -0.182. The number of aromatic amines is 1. The van der Waals surface area contributed by atoms with Crippen molar-refractivity contribution in [2.75, 3.05) is 31.3 Å². The second-order valence-corrected chi connectivity index (χ2v) is 15.1. The molecule has 0 amide bonds. The molecule has 3 fully saturated rings. The van der Waals surface area contributed by atoms with E-state index in [2.05, 4.69) is 29.9 Å². The van der Waals surface area contributed by atoms with Crippen molar-refractivity contribution in [2.45, 2.75) is 46.4 Å². The summed E-state index contributed by atoms with van der Waals surface area (Å²) < 4.78 is 21.1. The Kier molecular flexibility index (Phi) is 6.59. The third-order valence-electron chi connectivity index (χ3n) is 7.78. The number of ether oxygens (including phenoxy) is 2. The van der Waals surface area contributed by atoms with Gasteiger partial charge in [0.2, 0.25) is 5.95 Å². The third kappa shape index (κ3) is 4.09. The maximum Gasteiger partial charge on any atom is 0.280 e. The van der Waals surface area contributed by atoms with E-state index in [1.54, 1.807) is 4.57 Å². The highest BCUT2D eigenvalue weighted by molar-refractivity contribution is 8.10. The molecule has 42 heavy (non-hydrogen) atoms. The number of aliphatic hydroxyl groups excluding tert-OH is 3. The van der Waals surface area contributed by atoms with Gasteiger partial charge in [0.1, 0.15) is 29.7 Å². The van der Waals surface area contributed by atoms with Gasteiger partial charge in [-0.25, -0.2) is 19.9 Å². The molecule has 224 valence electrons. The minimum Gasteiger partial charge on any atom is -0.395 e. The first kappa shape index (κ1) is 28.0. The molecule has 0 aliphatic carbocycles. The van der Waals surface area contributed by atoms with Gasteiger partial charge in [-0.3, -0.25) is 14.3 Å². The van der Waals surface area contributed by atoms with E-state index in [1.807, 2.05) is 0 Å². The SMILES string of the molecule is Nc1nc2c(ncn2[C@@H]2SC(CO)[C@@H](O)[C@H]2P(O)(=S)OC[C@@]23CO[C@@H]([C@H](n4cnc5c(N)ncnc54)O2)[C@@H]3O)c(=O)[nH]1. The Balaban J connectivity index is 1.17. The van der Waals surface area contributed by atoms with Crippen LogP contribution in [0.3, 0.4) is 0 Å². The number of thioether (sulfide) groups is 1. The molecule has 3 aliphatic heterocycles. The van der Waals surface area contributed by atoms with Gasteiger partial charge in [-0.05, 0) is 11.8 Å². The van der Waals surface area contributed by atoms with Crippen LogP contribution in [0.5, 0.6) is 0 Å². The number of hydrogen-bond donors (Lipinski definition) is 7. The summed E-state index contributed by atoms with van der Waals surface area (Å²) in [6.45, 7) is -4.79. The average molecular weight is 641 g/mol. The van der Waals surface area contributed by atoms with Crippen LogP contribution < -0.4 is 17.0 Å². The number of fused-ring (bicyclic) bond motifs is 4. The summed E-state index contributed by atoms with van der Waals surface area (Å²) in [5, 5.41) is 30.7. The molecule has 2 bridgehead atoms. The number of aliphatic hydroxyl groups is 3. The Morgan fingerprint density at radius 3 is 2.74 bits per heavy atom. The van der Waals surface area contributed by atoms with Crippen molar-refractivity contribution in [3.05, 3.63) is 29.3 Å². The van der Waals surface area contributed by atoms with Gasteiger partial charge >= 0.3 is 0 Å². The van der Waals surface area contributed by atoms with Gasteiger partial charge < -0.3 is 50.2 Å². The molecule has 9 N–H and O–H groups in total. The number of nitrogens with one attached hydrogen (secondary N) is 1. The first-order valence-corrected chi connectivity index (χ1v) is 16.3. The number of rotatable bonds is 7. The lowest BCUT2D eigenvalue weighted by atomic mass is 10.0. The van der Waals surface area contributed by atoms with E-state index in [4.69, 9.17) is 37.3 Å². The van der Waals surface area contributed by atoms with Crippen LogP contribution in [0.2, 0.25) is 0 Å². The van der Waals surface area contributed by atoms with Crippen LogP contribution in [0.1, 0.15) is 11.6 Å². The topological polar surface area (TPSA) is 268 Å². The van der Waals surface area contributed by atoms with Crippen LogP contribution in [0.4, 0.5) is 11.8 Å². The minimum absolute atomic E-state index is 0.00161. The molecule has 4 aromatic heterocycles. The van der Waals surface area contributed by atoms with E-state index in [0.29, 0.717) is 11.2 Å². The molecule has 9 atom stereocenters. The number of aromatic nitrogens is 8. The fourth-order valence-corrected chi connectivity index (χ4v) is 10.6. The summed E-state index contributed by atoms with van der Waals surface area (Å²) in [6, 6.07) is 0. The highest BCUT2D eigenvalue weighted by Crippen LogP contribution is 2.62. The summed E-state index contributed by atoms with van der Waals surface area (Å²) in [7, 11) is 0. The lowest BCUT2D eigenvalue weighted by Crippen LogP contribution is -2.45. The number of H-pyrrole nitrogens is 1. The molecular weight excluding hydrogens is 615 g/mol. The number of nitrogen functional groups attached to an aromatic ring is 2. The highest BCUT2D eigenvalue weighted by Gasteiger charge is 2.63. The standard InChI is InChI=1S/C21H25N10O8PS2/c22-14-8-15(25-4-24-14)30(5-26-8)18-11-13(34)21(39-18,2-37-11)3-38-40(36,41)12-10(33)7(1-32)42-19(12)31-6-27-9-16(31)28-20(23)29-17(9)35/h4-7,10-13,18-19,32-34H,1-3H2,(H,36,41)(H2,22,24,25)(H3,23,28,29,35)/t7?,10-,11-,12-,13+,18-,19-,21-,40?/m1/s1. The van der Waals surface area contributed by atoms with Crippen molar-refractivity contribution < 1.29 is 34.2 Å². The van der Waals surface area contributed by atoms with Gasteiger partial charge in [-0.1, -0.05) is 0 Å². The first-order chi connectivity index (χ1) is 20.0. The molecule has 21 heteroatoms. The number of nitrogens with zero attached hydrogens (tertiary/aromatic N) is 7. The van der Waals surface area contributed by atoms with Crippen molar-refractivity contribution in [3.63, 3.8) is 0 Å². The predicted molar refractivity (Wildman–Crippen MR) is 151 cm³/mol. The molecule has 7 heterocycles. The molecule has 4 aromatic rings. The largest absolute Gasteiger partial charge is 0.395 e. The van der Waals surface area contributed by atoms with E-state index in [1.165, 1.54) is 23.5 Å². The number of hydrogen-bond acceptors (Lipinski definition) is 16. The average Bonchev–Trinajstić information content (AvgIpc) is 3.75.